The smallest absolute Gasteiger partial charge is 0.315 e. The lowest BCUT2D eigenvalue weighted by atomic mass is 10.1. The Morgan fingerprint density at radius 3 is 2.62 bits per heavy atom. The zero-order valence-corrected chi connectivity index (χ0v) is 18.6. The van der Waals surface area contributed by atoms with E-state index in [1.165, 1.54) is 0 Å². The number of nitrogens with two attached hydrogens (primary N) is 1. The number of amides is 2. The molecule has 0 saturated carbocycles. The second-order valence-corrected chi connectivity index (χ2v) is 8.03. The molecule has 0 aliphatic heterocycles. The van der Waals surface area contributed by atoms with E-state index >= 15 is 0 Å². The summed E-state index contributed by atoms with van der Waals surface area (Å²) in [4.78, 5) is 21.8. The number of hydrogen-bond donors (Lipinski definition) is 3. The number of hydrogen-bond acceptors (Lipinski definition) is 4. The monoisotopic (exact) mass is 430 g/mol. The summed E-state index contributed by atoms with van der Waals surface area (Å²) in [7, 11) is 0. The van der Waals surface area contributed by atoms with Gasteiger partial charge in [0.15, 0.2) is 5.82 Å². The minimum absolute atomic E-state index is 0.0693. The van der Waals surface area contributed by atoms with E-state index in [0.29, 0.717) is 18.9 Å². The number of aryl methyl sites for hydroxylation is 1. The number of nitrogen functional groups attached to an aromatic ring is 1. The summed E-state index contributed by atoms with van der Waals surface area (Å²) < 4.78 is 2.19. The molecule has 32 heavy (non-hydrogen) atoms. The van der Waals surface area contributed by atoms with Gasteiger partial charge in [-0.2, -0.15) is 0 Å². The van der Waals surface area contributed by atoms with Gasteiger partial charge in [-0.1, -0.05) is 61.9 Å². The van der Waals surface area contributed by atoms with E-state index in [1.807, 2.05) is 61.5 Å². The number of urea groups is 1. The third-order valence-electron chi connectivity index (χ3n) is 5.71. The largest absolute Gasteiger partial charge is 0.382 e. The van der Waals surface area contributed by atoms with Crippen molar-refractivity contribution < 1.29 is 4.79 Å². The van der Waals surface area contributed by atoms with Gasteiger partial charge in [-0.25, -0.2) is 14.8 Å². The molecule has 2 heterocycles. The molecule has 2 aromatic heterocycles. The molecule has 0 unspecified atom stereocenters. The lowest BCUT2D eigenvalue weighted by molar-refractivity contribution is 0.237. The fourth-order valence-corrected chi connectivity index (χ4v) is 4.03. The van der Waals surface area contributed by atoms with Gasteiger partial charge in [0, 0.05) is 24.9 Å². The lowest BCUT2D eigenvalue weighted by Crippen LogP contribution is -2.38. The number of rotatable bonds is 8. The summed E-state index contributed by atoms with van der Waals surface area (Å²) in [6, 6.07) is 17.6. The zero-order chi connectivity index (χ0) is 22.5. The first-order chi connectivity index (χ1) is 15.6. The van der Waals surface area contributed by atoms with Gasteiger partial charge in [0.05, 0.1) is 17.1 Å². The van der Waals surface area contributed by atoms with E-state index in [-0.39, 0.29) is 12.1 Å². The molecule has 0 bridgehead atoms. The normalized spacial score (nSPS) is 12.2. The third-order valence-corrected chi connectivity index (χ3v) is 5.71. The summed E-state index contributed by atoms with van der Waals surface area (Å²) in [6.07, 6.45) is 2.98. The minimum Gasteiger partial charge on any atom is -0.382 e. The molecule has 0 spiro atoms. The van der Waals surface area contributed by atoms with Gasteiger partial charge in [0.2, 0.25) is 0 Å². The average molecular weight is 431 g/mol. The van der Waals surface area contributed by atoms with Crippen LogP contribution in [0, 0.1) is 0 Å². The van der Waals surface area contributed by atoms with Gasteiger partial charge in [0.25, 0.3) is 0 Å². The number of benzene rings is 2. The topological polar surface area (TPSA) is 97.9 Å². The van der Waals surface area contributed by atoms with Crippen molar-refractivity contribution in [3.05, 3.63) is 66.0 Å². The van der Waals surface area contributed by atoms with Crippen LogP contribution in [0.1, 0.15) is 44.1 Å². The van der Waals surface area contributed by atoms with Gasteiger partial charge in [-0.05, 0) is 25.0 Å². The lowest BCUT2D eigenvalue weighted by Gasteiger charge is -2.16. The van der Waals surface area contributed by atoms with Crippen molar-refractivity contribution in [2.45, 2.75) is 45.7 Å². The van der Waals surface area contributed by atoms with Gasteiger partial charge in [-0.15, -0.1) is 0 Å². The highest BCUT2D eigenvalue weighted by Gasteiger charge is 2.17. The highest BCUT2D eigenvalue weighted by atomic mass is 16.2. The molecule has 0 radical (unpaired) electrons. The first-order valence-electron chi connectivity index (χ1n) is 11.2. The van der Waals surface area contributed by atoms with E-state index in [9.17, 15) is 4.79 Å². The number of carbonyl (C=O) groups is 1. The molecule has 4 rings (SSSR count). The van der Waals surface area contributed by atoms with Crippen molar-refractivity contribution in [1.29, 1.82) is 0 Å². The first-order valence-corrected chi connectivity index (χ1v) is 11.2. The predicted octanol–water partition coefficient (Wildman–Crippen LogP) is 4.57. The summed E-state index contributed by atoms with van der Waals surface area (Å²) in [6.45, 7) is 5.23. The molecular weight excluding hydrogens is 400 g/mol. The van der Waals surface area contributed by atoms with Crippen LogP contribution in [0.5, 0.6) is 0 Å². The fraction of sp³-hybridized carbons (Fsp3) is 0.320. The third kappa shape index (κ3) is 4.51. The van der Waals surface area contributed by atoms with E-state index in [0.717, 1.165) is 52.6 Å². The number of unbranched alkanes of at least 4 members (excludes halogenated alkanes) is 1. The van der Waals surface area contributed by atoms with E-state index in [4.69, 9.17) is 10.7 Å². The minimum atomic E-state index is -0.188. The van der Waals surface area contributed by atoms with Crippen molar-refractivity contribution in [2.75, 3.05) is 12.3 Å². The maximum Gasteiger partial charge on any atom is 0.315 e. The number of nitrogens with zero attached hydrogens (tertiary/aromatic N) is 3. The van der Waals surface area contributed by atoms with Crippen molar-refractivity contribution in [1.82, 2.24) is 25.2 Å². The van der Waals surface area contributed by atoms with Crippen LogP contribution in [0.3, 0.4) is 0 Å². The van der Waals surface area contributed by atoms with Crippen molar-refractivity contribution in [2.24, 2.45) is 0 Å². The van der Waals surface area contributed by atoms with Gasteiger partial charge >= 0.3 is 6.03 Å². The number of para-hydroxylation sites is 1. The molecule has 0 aliphatic carbocycles. The van der Waals surface area contributed by atoms with Crippen LogP contribution in [-0.2, 0) is 13.0 Å². The number of fused-ring (bicyclic) bond motifs is 3. The fourth-order valence-electron chi connectivity index (χ4n) is 4.03. The van der Waals surface area contributed by atoms with Crippen LogP contribution < -0.4 is 16.4 Å². The Balaban J connectivity index is 1.54. The number of anilines is 1. The number of pyridine rings is 1. The SMILES string of the molecule is CCCCc1nc2c(N)nc3ccccc3c2n1CCNC(=O)N[C@H](C)c1ccccc1. The first kappa shape index (κ1) is 21.6. The predicted molar refractivity (Wildman–Crippen MR) is 129 cm³/mol. The maximum atomic E-state index is 12.5. The highest BCUT2D eigenvalue weighted by Crippen LogP contribution is 2.29. The van der Waals surface area contributed by atoms with Crippen LogP contribution in [0.15, 0.2) is 54.6 Å². The Kier molecular flexibility index (Phi) is 6.54. The summed E-state index contributed by atoms with van der Waals surface area (Å²) in [5, 5.41) is 7.01. The number of nitrogens with one attached hydrogen (secondary N) is 2. The average Bonchev–Trinajstić information content (AvgIpc) is 3.17. The molecular formula is C25H30N6O. The van der Waals surface area contributed by atoms with Crippen molar-refractivity contribution in [3.63, 3.8) is 0 Å². The zero-order valence-electron chi connectivity index (χ0n) is 18.6. The second-order valence-electron chi connectivity index (χ2n) is 8.03. The van der Waals surface area contributed by atoms with Crippen LogP contribution in [0.2, 0.25) is 0 Å². The summed E-state index contributed by atoms with van der Waals surface area (Å²) >= 11 is 0. The number of aromatic nitrogens is 3. The van der Waals surface area contributed by atoms with Crippen LogP contribution in [-0.4, -0.2) is 27.1 Å². The molecule has 166 valence electrons. The molecule has 0 fully saturated rings. The van der Waals surface area contributed by atoms with Gasteiger partial charge < -0.3 is 20.9 Å². The molecule has 2 aromatic carbocycles. The quantitative estimate of drug-likeness (QED) is 0.381. The summed E-state index contributed by atoms with van der Waals surface area (Å²) in [5.74, 6) is 1.42. The number of carbonyl (C=O) groups excluding carboxylic acids is 1. The Bertz CT molecular complexity index is 1220. The van der Waals surface area contributed by atoms with Gasteiger partial charge in [-0.3, -0.25) is 0 Å². The Morgan fingerprint density at radius 2 is 1.84 bits per heavy atom. The maximum absolute atomic E-state index is 12.5. The standard InChI is InChI=1S/C25H30N6O/c1-3-4-14-21-30-22-23(19-12-8-9-13-20(19)29-24(22)26)31(21)16-15-27-25(32)28-17(2)18-10-6-5-7-11-18/h5-13,17H,3-4,14-16H2,1-2H3,(H2,26,29)(H2,27,28,32)/t17-/m1/s1. The number of imidazole rings is 1. The van der Waals surface area contributed by atoms with Gasteiger partial charge in [0.1, 0.15) is 11.3 Å². The highest BCUT2D eigenvalue weighted by molar-refractivity contribution is 6.06. The molecule has 7 nitrogen and oxygen atoms in total. The van der Waals surface area contributed by atoms with Crippen LogP contribution >= 0.6 is 0 Å². The van der Waals surface area contributed by atoms with Crippen LogP contribution in [0.4, 0.5) is 10.6 Å². The molecule has 7 heteroatoms. The molecule has 2 amide bonds. The Labute approximate surface area is 188 Å². The second kappa shape index (κ2) is 9.68. The Hall–Kier alpha value is -3.61. The molecule has 1 atom stereocenters. The molecule has 4 aromatic rings. The van der Waals surface area contributed by atoms with E-state index < -0.39 is 0 Å². The van der Waals surface area contributed by atoms with E-state index in [2.05, 4.69) is 27.1 Å². The van der Waals surface area contributed by atoms with Crippen LogP contribution in [0.25, 0.3) is 21.9 Å². The summed E-state index contributed by atoms with van der Waals surface area (Å²) in [5.41, 5.74) is 9.89. The molecule has 4 N–H and O–H groups in total. The van der Waals surface area contributed by atoms with Crippen molar-refractivity contribution >= 4 is 33.8 Å². The van der Waals surface area contributed by atoms with E-state index in [1.54, 1.807) is 0 Å². The Morgan fingerprint density at radius 1 is 1.09 bits per heavy atom. The molecule has 0 saturated heterocycles. The van der Waals surface area contributed by atoms with Crippen molar-refractivity contribution in [3.8, 4) is 0 Å². The molecule has 0 aliphatic rings.